The number of aliphatic carboxylic acids is 1. The molecule has 0 saturated heterocycles. The van der Waals surface area contributed by atoms with Gasteiger partial charge in [-0.15, -0.1) is 0 Å². The first-order valence-corrected chi connectivity index (χ1v) is 9.93. The lowest BCUT2D eigenvalue weighted by atomic mass is 10.0. The summed E-state index contributed by atoms with van der Waals surface area (Å²) in [6.45, 7) is 4.12. The number of carboxylic acid groups (broad SMARTS) is 1. The van der Waals surface area contributed by atoms with E-state index in [1.165, 1.54) is 12.1 Å². The van der Waals surface area contributed by atoms with Gasteiger partial charge in [0.2, 0.25) is 0 Å². The van der Waals surface area contributed by atoms with E-state index in [0.29, 0.717) is 0 Å². The molecule has 30 heavy (non-hydrogen) atoms. The molecule has 3 N–H and O–H groups in total. The molecule has 0 radical (unpaired) electrons. The van der Waals surface area contributed by atoms with Crippen molar-refractivity contribution in [2.45, 2.75) is 44.9 Å². The maximum Gasteiger partial charge on any atom is 0.305 e. The normalized spacial score (nSPS) is 13.9. The lowest BCUT2D eigenvalue weighted by Gasteiger charge is -2.15. The Morgan fingerprint density at radius 2 is 1.77 bits per heavy atom. The molecule has 0 aliphatic carbocycles. The molecule has 0 spiro atoms. The van der Waals surface area contributed by atoms with E-state index >= 15 is 0 Å². The number of para-hydroxylation sites is 1. The Kier molecular flexibility index (Phi) is 6.70. The Hall–Kier alpha value is -2.96. The second-order valence-electron chi connectivity index (χ2n) is 7.66. The van der Waals surface area contributed by atoms with Crippen LogP contribution in [0.5, 0.6) is 0 Å². The number of halogens is 1. The summed E-state index contributed by atoms with van der Waals surface area (Å²) < 4.78 is 15.6. The number of aliphatic hydroxyl groups excluding tert-OH is 2. The third-order valence-electron chi connectivity index (χ3n) is 5.00. The quantitative estimate of drug-likeness (QED) is 0.505. The summed E-state index contributed by atoms with van der Waals surface area (Å²) in [5, 5.41) is 29.9. The molecule has 0 amide bonds. The molecule has 0 saturated carbocycles. The average molecular weight is 411 g/mol. The number of nitrogens with zero attached hydrogens (tertiary/aromatic N) is 1. The highest BCUT2D eigenvalue weighted by Gasteiger charge is 2.19. The van der Waals surface area contributed by atoms with Crippen molar-refractivity contribution in [1.82, 2.24) is 4.57 Å². The van der Waals surface area contributed by atoms with E-state index < -0.39 is 24.6 Å². The van der Waals surface area contributed by atoms with Crippen molar-refractivity contribution in [3.05, 3.63) is 66.1 Å². The predicted octanol–water partition coefficient (Wildman–Crippen LogP) is 4.63. The lowest BCUT2D eigenvalue weighted by Crippen LogP contribution is -2.19. The predicted molar refractivity (Wildman–Crippen MR) is 116 cm³/mol. The van der Waals surface area contributed by atoms with E-state index in [4.69, 9.17) is 5.11 Å². The summed E-state index contributed by atoms with van der Waals surface area (Å²) in [4.78, 5) is 10.7. The summed E-state index contributed by atoms with van der Waals surface area (Å²) >= 11 is 0. The molecule has 0 unspecified atom stereocenters. The van der Waals surface area contributed by atoms with Crippen LogP contribution < -0.4 is 0 Å². The summed E-state index contributed by atoms with van der Waals surface area (Å²) in [5.74, 6) is -1.43. The first kappa shape index (κ1) is 21.7. The van der Waals surface area contributed by atoms with Gasteiger partial charge >= 0.3 is 5.97 Å². The third-order valence-corrected chi connectivity index (χ3v) is 5.00. The standard InChI is InChI=1S/C24H26FNO4/c1-15(2)26-21-6-4-3-5-20(21)24(16-7-9-17(25)10-8-16)22(26)12-11-18(27)13-19(28)14-23(29)30/h3-12,15,18-19,27-28H,13-14H2,1-2H3,(H,29,30)/t18-,19+/m1/s1. The van der Waals surface area contributed by atoms with Gasteiger partial charge in [-0.2, -0.15) is 0 Å². The molecular weight excluding hydrogens is 385 g/mol. The molecule has 6 heteroatoms. The van der Waals surface area contributed by atoms with Crippen LogP contribution in [0.2, 0.25) is 0 Å². The Morgan fingerprint density at radius 1 is 1.10 bits per heavy atom. The molecular formula is C24H26FNO4. The topological polar surface area (TPSA) is 82.7 Å². The number of hydrogen-bond donors (Lipinski definition) is 3. The smallest absolute Gasteiger partial charge is 0.305 e. The van der Waals surface area contributed by atoms with Gasteiger partial charge in [0.05, 0.1) is 18.6 Å². The van der Waals surface area contributed by atoms with Gasteiger partial charge in [0, 0.05) is 34.6 Å². The van der Waals surface area contributed by atoms with Gasteiger partial charge in [-0.3, -0.25) is 4.79 Å². The van der Waals surface area contributed by atoms with E-state index in [1.54, 1.807) is 24.3 Å². The van der Waals surface area contributed by atoms with Crippen LogP contribution in [0.25, 0.3) is 28.1 Å². The summed E-state index contributed by atoms with van der Waals surface area (Å²) in [6, 6.07) is 14.4. The maximum absolute atomic E-state index is 13.5. The van der Waals surface area contributed by atoms with Crippen molar-refractivity contribution in [3.8, 4) is 11.1 Å². The van der Waals surface area contributed by atoms with Gasteiger partial charge in [-0.25, -0.2) is 4.39 Å². The fraction of sp³-hybridized carbons (Fsp3) is 0.292. The van der Waals surface area contributed by atoms with Crippen LogP contribution in [0.1, 0.15) is 38.4 Å². The number of benzene rings is 2. The summed E-state index contributed by atoms with van der Waals surface area (Å²) in [5.41, 5.74) is 3.65. The van der Waals surface area contributed by atoms with E-state index in [-0.39, 0.29) is 18.3 Å². The highest BCUT2D eigenvalue weighted by molar-refractivity contribution is 6.01. The Morgan fingerprint density at radius 3 is 2.40 bits per heavy atom. The molecule has 1 heterocycles. The minimum Gasteiger partial charge on any atom is -0.481 e. The van der Waals surface area contributed by atoms with E-state index in [1.807, 2.05) is 24.3 Å². The highest BCUT2D eigenvalue weighted by atomic mass is 19.1. The largest absolute Gasteiger partial charge is 0.481 e. The van der Waals surface area contributed by atoms with Crippen molar-refractivity contribution in [2.24, 2.45) is 0 Å². The van der Waals surface area contributed by atoms with Gasteiger partial charge in [0.25, 0.3) is 0 Å². The molecule has 1 aromatic heterocycles. The molecule has 3 aromatic rings. The molecule has 3 rings (SSSR count). The molecule has 0 fully saturated rings. The van der Waals surface area contributed by atoms with Crippen molar-refractivity contribution in [2.75, 3.05) is 0 Å². The minimum absolute atomic E-state index is 0.0728. The van der Waals surface area contributed by atoms with Gasteiger partial charge in [0.1, 0.15) is 5.82 Å². The van der Waals surface area contributed by atoms with Crippen molar-refractivity contribution in [1.29, 1.82) is 0 Å². The number of aliphatic hydroxyl groups is 2. The van der Waals surface area contributed by atoms with E-state index in [0.717, 1.165) is 27.7 Å². The first-order chi connectivity index (χ1) is 14.3. The highest BCUT2D eigenvalue weighted by Crippen LogP contribution is 2.38. The van der Waals surface area contributed by atoms with Crippen LogP contribution in [-0.4, -0.2) is 38.1 Å². The number of hydrogen-bond acceptors (Lipinski definition) is 3. The molecule has 0 bridgehead atoms. The zero-order valence-electron chi connectivity index (χ0n) is 17.0. The first-order valence-electron chi connectivity index (χ1n) is 9.93. The molecule has 0 aliphatic heterocycles. The van der Waals surface area contributed by atoms with Crippen LogP contribution in [0, 0.1) is 5.82 Å². The van der Waals surface area contributed by atoms with Crippen molar-refractivity contribution >= 4 is 22.9 Å². The van der Waals surface area contributed by atoms with Crippen LogP contribution >= 0.6 is 0 Å². The lowest BCUT2D eigenvalue weighted by molar-refractivity contribution is -0.139. The van der Waals surface area contributed by atoms with E-state index in [2.05, 4.69) is 18.4 Å². The van der Waals surface area contributed by atoms with Gasteiger partial charge in [-0.1, -0.05) is 36.4 Å². The maximum atomic E-state index is 13.5. The van der Waals surface area contributed by atoms with Gasteiger partial charge < -0.3 is 19.9 Å². The Bertz CT molecular complexity index is 1050. The zero-order chi connectivity index (χ0) is 21.8. The Balaban J connectivity index is 2.08. The van der Waals surface area contributed by atoms with Crippen LogP contribution in [0.4, 0.5) is 4.39 Å². The second-order valence-corrected chi connectivity index (χ2v) is 7.66. The van der Waals surface area contributed by atoms with Gasteiger partial charge in [-0.05, 0) is 43.7 Å². The van der Waals surface area contributed by atoms with Crippen molar-refractivity contribution in [3.63, 3.8) is 0 Å². The molecule has 5 nitrogen and oxygen atoms in total. The zero-order valence-corrected chi connectivity index (χ0v) is 17.0. The number of fused-ring (bicyclic) bond motifs is 1. The monoisotopic (exact) mass is 411 g/mol. The number of aromatic nitrogens is 1. The SMILES string of the molecule is CC(C)n1c(C=C[C@@H](O)C[C@H](O)CC(=O)O)c(-c2ccc(F)cc2)c2ccccc21. The number of carbonyl (C=O) groups is 1. The molecule has 2 atom stereocenters. The Labute approximate surface area is 174 Å². The third kappa shape index (κ3) is 4.78. The van der Waals surface area contributed by atoms with Crippen LogP contribution in [-0.2, 0) is 4.79 Å². The molecule has 2 aromatic carbocycles. The van der Waals surface area contributed by atoms with Gasteiger partial charge in [0.15, 0.2) is 0 Å². The number of rotatable bonds is 8. The molecule has 158 valence electrons. The summed E-state index contributed by atoms with van der Waals surface area (Å²) in [7, 11) is 0. The van der Waals surface area contributed by atoms with E-state index in [9.17, 15) is 19.4 Å². The van der Waals surface area contributed by atoms with Crippen LogP contribution in [0.15, 0.2) is 54.6 Å². The summed E-state index contributed by atoms with van der Waals surface area (Å²) in [6.07, 6.45) is 0.727. The fourth-order valence-electron chi connectivity index (χ4n) is 3.77. The fourth-order valence-corrected chi connectivity index (χ4v) is 3.77. The molecule has 0 aliphatic rings. The number of carboxylic acids is 1. The second kappa shape index (κ2) is 9.24. The van der Waals surface area contributed by atoms with Crippen LogP contribution in [0.3, 0.4) is 0 Å². The average Bonchev–Trinajstić information content (AvgIpc) is 3.00. The minimum atomic E-state index is -1.13. The van der Waals surface area contributed by atoms with Crippen molar-refractivity contribution < 1.29 is 24.5 Å².